The first kappa shape index (κ1) is 9.84. The number of aryl methyl sites for hydroxylation is 1. The molecule has 0 bridgehead atoms. The molecule has 0 aliphatic carbocycles. The lowest BCUT2D eigenvalue weighted by molar-refractivity contribution is 0.0695. The van der Waals surface area contributed by atoms with E-state index in [1.165, 1.54) is 0 Å². The van der Waals surface area contributed by atoms with Crippen molar-refractivity contribution in [2.45, 2.75) is 27.2 Å². The van der Waals surface area contributed by atoms with Crippen LogP contribution in [0.25, 0.3) is 0 Å². The Balaban J connectivity index is 2.89. The molecule has 0 aliphatic rings. The molecule has 0 amide bonds. The van der Waals surface area contributed by atoms with Crippen LogP contribution in [0.1, 0.15) is 35.7 Å². The summed E-state index contributed by atoms with van der Waals surface area (Å²) >= 11 is 0. The molecule has 1 aromatic rings. The van der Waals surface area contributed by atoms with Crippen molar-refractivity contribution < 1.29 is 14.3 Å². The molecule has 0 saturated carbocycles. The summed E-state index contributed by atoms with van der Waals surface area (Å²) in [5.74, 6) is 0.802. The quantitative estimate of drug-likeness (QED) is 0.781. The third kappa shape index (κ3) is 2.34. The Bertz CT molecular complexity index is 310. The predicted molar refractivity (Wildman–Crippen MR) is 48.9 cm³/mol. The van der Waals surface area contributed by atoms with Gasteiger partial charge in [-0.3, -0.25) is 0 Å². The molecule has 0 saturated heterocycles. The lowest BCUT2D eigenvalue weighted by Gasteiger charge is -1.98. The maximum absolute atomic E-state index is 10.7. The van der Waals surface area contributed by atoms with E-state index >= 15 is 0 Å². The number of hydrogen-bond acceptors (Lipinski definition) is 2. The monoisotopic (exact) mass is 182 g/mol. The summed E-state index contributed by atoms with van der Waals surface area (Å²) in [5, 5.41) is 8.75. The summed E-state index contributed by atoms with van der Waals surface area (Å²) in [4.78, 5) is 10.7. The lowest BCUT2D eigenvalue weighted by Crippen LogP contribution is -1.95. The minimum absolute atomic E-state index is 0.274. The van der Waals surface area contributed by atoms with Gasteiger partial charge < -0.3 is 9.52 Å². The number of carbonyl (C=O) groups is 1. The molecule has 0 spiro atoms. The fourth-order valence-electron chi connectivity index (χ4n) is 1.26. The summed E-state index contributed by atoms with van der Waals surface area (Å²) in [5.41, 5.74) is 0.274. The highest BCUT2D eigenvalue weighted by Crippen LogP contribution is 2.17. The highest BCUT2D eigenvalue weighted by molar-refractivity contribution is 5.88. The van der Waals surface area contributed by atoms with Crippen LogP contribution in [0.15, 0.2) is 10.5 Å². The summed E-state index contributed by atoms with van der Waals surface area (Å²) < 4.78 is 5.31. The van der Waals surface area contributed by atoms with Crippen LogP contribution in [-0.4, -0.2) is 11.1 Å². The zero-order chi connectivity index (χ0) is 10.0. The Hall–Kier alpha value is -1.25. The van der Waals surface area contributed by atoms with Crippen LogP contribution >= 0.6 is 0 Å². The van der Waals surface area contributed by atoms with Crippen molar-refractivity contribution in [3.8, 4) is 0 Å². The molecule has 0 radical (unpaired) electrons. The van der Waals surface area contributed by atoms with Crippen molar-refractivity contribution >= 4 is 5.97 Å². The minimum Gasteiger partial charge on any atom is -0.478 e. The van der Waals surface area contributed by atoms with Gasteiger partial charge in [0.15, 0.2) is 0 Å². The van der Waals surface area contributed by atoms with Crippen LogP contribution in [0.4, 0.5) is 0 Å². The van der Waals surface area contributed by atoms with E-state index in [1.807, 2.05) is 0 Å². The van der Waals surface area contributed by atoms with E-state index in [1.54, 1.807) is 13.0 Å². The molecule has 3 heteroatoms. The van der Waals surface area contributed by atoms with Crippen LogP contribution < -0.4 is 0 Å². The van der Waals surface area contributed by atoms with E-state index in [-0.39, 0.29) is 5.56 Å². The first-order valence-electron chi connectivity index (χ1n) is 4.33. The molecule has 72 valence electrons. The van der Waals surface area contributed by atoms with Crippen LogP contribution in [0.2, 0.25) is 0 Å². The number of aromatic carboxylic acids is 1. The first-order chi connectivity index (χ1) is 6.00. The Morgan fingerprint density at radius 3 is 2.62 bits per heavy atom. The molecule has 0 atom stereocenters. The summed E-state index contributed by atoms with van der Waals surface area (Å²) in [6, 6.07) is 1.61. The van der Waals surface area contributed by atoms with Crippen molar-refractivity contribution in [1.82, 2.24) is 0 Å². The normalized spacial score (nSPS) is 10.8. The predicted octanol–water partition coefficient (Wildman–Crippen LogP) is 2.48. The van der Waals surface area contributed by atoms with Gasteiger partial charge in [-0.15, -0.1) is 0 Å². The molecule has 1 rings (SSSR count). The van der Waals surface area contributed by atoms with Gasteiger partial charge in [0.1, 0.15) is 17.1 Å². The van der Waals surface area contributed by atoms with E-state index in [0.29, 0.717) is 11.7 Å². The van der Waals surface area contributed by atoms with Crippen molar-refractivity contribution in [3.63, 3.8) is 0 Å². The van der Waals surface area contributed by atoms with Crippen LogP contribution in [-0.2, 0) is 6.42 Å². The summed E-state index contributed by atoms with van der Waals surface area (Å²) in [7, 11) is 0. The van der Waals surface area contributed by atoms with Gasteiger partial charge in [-0.2, -0.15) is 0 Å². The molecule has 0 aromatic carbocycles. The summed E-state index contributed by atoms with van der Waals surface area (Å²) in [6.45, 7) is 5.81. The molecule has 0 aliphatic heterocycles. The number of furan rings is 1. The van der Waals surface area contributed by atoms with E-state index in [9.17, 15) is 4.79 Å². The smallest absolute Gasteiger partial charge is 0.339 e. The van der Waals surface area contributed by atoms with E-state index in [0.717, 1.165) is 12.2 Å². The maximum Gasteiger partial charge on any atom is 0.339 e. The fourth-order valence-corrected chi connectivity index (χ4v) is 1.26. The zero-order valence-electron chi connectivity index (χ0n) is 8.13. The number of carboxylic acids is 1. The Labute approximate surface area is 77.4 Å². The molecule has 1 N–H and O–H groups in total. The third-order valence-corrected chi connectivity index (χ3v) is 1.81. The zero-order valence-corrected chi connectivity index (χ0v) is 8.13. The minimum atomic E-state index is -0.920. The Morgan fingerprint density at radius 1 is 1.62 bits per heavy atom. The van der Waals surface area contributed by atoms with Crippen LogP contribution in [0, 0.1) is 12.8 Å². The lowest BCUT2D eigenvalue weighted by atomic mass is 10.1. The molecule has 1 aromatic heterocycles. The third-order valence-electron chi connectivity index (χ3n) is 1.81. The van der Waals surface area contributed by atoms with Gasteiger partial charge in [-0.25, -0.2) is 4.79 Å². The molecule has 0 unspecified atom stereocenters. The van der Waals surface area contributed by atoms with Gasteiger partial charge in [0, 0.05) is 6.42 Å². The second-order valence-electron chi connectivity index (χ2n) is 3.59. The number of hydrogen-bond donors (Lipinski definition) is 1. The van der Waals surface area contributed by atoms with Crippen molar-refractivity contribution in [3.05, 3.63) is 23.2 Å². The van der Waals surface area contributed by atoms with Gasteiger partial charge in [0.25, 0.3) is 0 Å². The van der Waals surface area contributed by atoms with Crippen molar-refractivity contribution in [2.24, 2.45) is 5.92 Å². The highest BCUT2D eigenvalue weighted by atomic mass is 16.4. The van der Waals surface area contributed by atoms with E-state index < -0.39 is 5.97 Å². The molecule has 1 heterocycles. The standard InChI is InChI=1S/C10H14O3/c1-6(2)4-8-5-9(10(11)12)7(3)13-8/h5-6H,4H2,1-3H3,(H,11,12). The molecule has 0 fully saturated rings. The molecule has 13 heavy (non-hydrogen) atoms. The average Bonchev–Trinajstić information content (AvgIpc) is 2.29. The van der Waals surface area contributed by atoms with Gasteiger partial charge in [-0.05, 0) is 18.9 Å². The Morgan fingerprint density at radius 2 is 2.23 bits per heavy atom. The van der Waals surface area contributed by atoms with Crippen molar-refractivity contribution in [1.29, 1.82) is 0 Å². The van der Waals surface area contributed by atoms with Gasteiger partial charge in [0.05, 0.1) is 0 Å². The van der Waals surface area contributed by atoms with Crippen LogP contribution in [0.3, 0.4) is 0 Å². The molecular formula is C10H14O3. The highest BCUT2D eigenvalue weighted by Gasteiger charge is 2.13. The van der Waals surface area contributed by atoms with Gasteiger partial charge >= 0.3 is 5.97 Å². The average molecular weight is 182 g/mol. The topological polar surface area (TPSA) is 50.4 Å². The fraction of sp³-hybridized carbons (Fsp3) is 0.500. The number of rotatable bonds is 3. The van der Waals surface area contributed by atoms with Gasteiger partial charge in [0.2, 0.25) is 0 Å². The largest absolute Gasteiger partial charge is 0.478 e. The van der Waals surface area contributed by atoms with E-state index in [2.05, 4.69) is 13.8 Å². The Kier molecular flexibility index (Phi) is 2.76. The first-order valence-corrected chi connectivity index (χ1v) is 4.33. The SMILES string of the molecule is Cc1oc(CC(C)C)cc1C(=O)O. The summed E-state index contributed by atoms with van der Waals surface area (Å²) in [6.07, 6.45) is 0.786. The van der Waals surface area contributed by atoms with Gasteiger partial charge in [-0.1, -0.05) is 13.8 Å². The molecular weight excluding hydrogens is 168 g/mol. The second kappa shape index (κ2) is 3.64. The number of carboxylic acid groups (broad SMARTS) is 1. The molecule has 3 nitrogen and oxygen atoms in total. The van der Waals surface area contributed by atoms with E-state index in [4.69, 9.17) is 9.52 Å². The second-order valence-corrected chi connectivity index (χ2v) is 3.59. The van der Waals surface area contributed by atoms with Crippen LogP contribution in [0.5, 0.6) is 0 Å². The maximum atomic E-state index is 10.7. The van der Waals surface area contributed by atoms with Crippen molar-refractivity contribution in [2.75, 3.05) is 0 Å².